The first-order valence-electron chi connectivity index (χ1n) is 7.44. The van der Waals surface area contributed by atoms with Crippen LogP contribution in [0.15, 0.2) is 30.3 Å². The SMILES string of the molecule is C[C@@]12CO[C@H]3C(=O)N(CC#Cc4ccccc4)[C@H]3[C@@H](CO1)O2. The van der Waals surface area contributed by atoms with Gasteiger partial charge in [-0.3, -0.25) is 4.79 Å². The third-order valence-corrected chi connectivity index (χ3v) is 4.31. The monoisotopic (exact) mass is 299 g/mol. The molecule has 3 fully saturated rings. The number of β-lactam (4-membered cyclic amide) rings is 1. The summed E-state index contributed by atoms with van der Waals surface area (Å²) in [6.07, 6.45) is -0.539. The van der Waals surface area contributed by atoms with Crippen molar-refractivity contribution in [2.45, 2.75) is 31.0 Å². The normalized spacial score (nSPS) is 36.0. The average Bonchev–Trinajstić information content (AvgIpc) is 2.84. The number of fused-ring (bicyclic) bond motifs is 4. The molecule has 3 aliphatic heterocycles. The first-order chi connectivity index (χ1) is 10.7. The van der Waals surface area contributed by atoms with Gasteiger partial charge in [0.15, 0.2) is 11.9 Å². The average molecular weight is 299 g/mol. The fraction of sp³-hybridized carbons (Fsp3) is 0.471. The highest BCUT2D eigenvalue weighted by Gasteiger charge is 2.59. The van der Waals surface area contributed by atoms with E-state index >= 15 is 0 Å². The van der Waals surface area contributed by atoms with E-state index in [4.69, 9.17) is 14.2 Å². The second-order valence-electron chi connectivity index (χ2n) is 5.96. The van der Waals surface area contributed by atoms with E-state index in [0.29, 0.717) is 19.8 Å². The molecule has 1 amide bonds. The molecule has 5 nitrogen and oxygen atoms in total. The number of likely N-dealkylation sites (tertiary alicyclic amines) is 1. The van der Waals surface area contributed by atoms with E-state index in [9.17, 15) is 4.79 Å². The first kappa shape index (κ1) is 13.8. The molecule has 0 aliphatic carbocycles. The van der Waals surface area contributed by atoms with Crippen LogP contribution < -0.4 is 0 Å². The maximum absolute atomic E-state index is 12.2. The summed E-state index contributed by atoms with van der Waals surface area (Å²) in [6, 6.07) is 9.63. The van der Waals surface area contributed by atoms with Crippen LogP contribution >= 0.6 is 0 Å². The number of rotatable bonds is 1. The lowest BCUT2D eigenvalue weighted by Gasteiger charge is -2.46. The summed E-state index contributed by atoms with van der Waals surface area (Å²) in [5.41, 5.74) is 0.942. The first-order valence-corrected chi connectivity index (χ1v) is 7.44. The van der Waals surface area contributed by atoms with Crippen LogP contribution in [0.3, 0.4) is 0 Å². The minimum Gasteiger partial charge on any atom is -0.360 e. The fourth-order valence-corrected chi connectivity index (χ4v) is 3.17. The van der Waals surface area contributed by atoms with Crippen LogP contribution in [0.2, 0.25) is 0 Å². The van der Waals surface area contributed by atoms with Crippen molar-refractivity contribution in [2.75, 3.05) is 19.8 Å². The molecule has 22 heavy (non-hydrogen) atoms. The maximum atomic E-state index is 12.2. The molecule has 1 aromatic rings. The molecule has 0 spiro atoms. The van der Waals surface area contributed by atoms with Gasteiger partial charge in [-0.25, -0.2) is 0 Å². The molecule has 3 heterocycles. The minimum atomic E-state index is -0.719. The molecule has 4 atom stereocenters. The molecule has 0 aromatic heterocycles. The topological polar surface area (TPSA) is 48.0 Å². The van der Waals surface area contributed by atoms with Crippen molar-refractivity contribution >= 4 is 5.91 Å². The van der Waals surface area contributed by atoms with Gasteiger partial charge in [0.05, 0.1) is 19.2 Å². The maximum Gasteiger partial charge on any atom is 0.255 e. The van der Waals surface area contributed by atoms with Gasteiger partial charge in [-0.2, -0.15) is 0 Å². The highest BCUT2D eigenvalue weighted by Crippen LogP contribution is 2.38. The van der Waals surface area contributed by atoms with Crippen LogP contribution in [0.25, 0.3) is 0 Å². The van der Waals surface area contributed by atoms with Crippen LogP contribution in [0.1, 0.15) is 12.5 Å². The molecule has 1 aromatic carbocycles. The summed E-state index contributed by atoms with van der Waals surface area (Å²) in [7, 11) is 0. The van der Waals surface area contributed by atoms with E-state index in [-0.39, 0.29) is 18.1 Å². The van der Waals surface area contributed by atoms with E-state index in [0.717, 1.165) is 5.56 Å². The van der Waals surface area contributed by atoms with Crippen LogP contribution in [-0.4, -0.2) is 54.6 Å². The molecule has 3 aliphatic rings. The van der Waals surface area contributed by atoms with Gasteiger partial charge in [-0.15, -0.1) is 0 Å². The molecule has 0 N–H and O–H groups in total. The Balaban J connectivity index is 1.47. The minimum absolute atomic E-state index is 0.00730. The number of amides is 1. The van der Waals surface area contributed by atoms with Gasteiger partial charge in [0.2, 0.25) is 0 Å². The van der Waals surface area contributed by atoms with Crippen molar-refractivity contribution in [3.63, 3.8) is 0 Å². The number of hydrogen-bond acceptors (Lipinski definition) is 4. The van der Waals surface area contributed by atoms with Gasteiger partial charge in [-0.05, 0) is 19.1 Å². The van der Waals surface area contributed by atoms with Crippen LogP contribution in [0.4, 0.5) is 0 Å². The number of nitrogens with zero attached hydrogens (tertiary/aromatic N) is 1. The summed E-state index contributed by atoms with van der Waals surface area (Å²) < 4.78 is 17.2. The van der Waals surface area contributed by atoms with Crippen molar-refractivity contribution in [3.05, 3.63) is 35.9 Å². The van der Waals surface area contributed by atoms with Crippen molar-refractivity contribution in [2.24, 2.45) is 0 Å². The molecule has 0 saturated carbocycles. The van der Waals surface area contributed by atoms with E-state index in [1.165, 1.54) is 0 Å². The number of hydrogen-bond donors (Lipinski definition) is 0. The highest BCUT2D eigenvalue weighted by atomic mass is 16.8. The lowest BCUT2D eigenvalue weighted by molar-refractivity contribution is -0.190. The molecule has 2 bridgehead atoms. The Morgan fingerprint density at radius 3 is 3.00 bits per heavy atom. The Kier molecular flexibility index (Phi) is 3.19. The molecule has 0 unspecified atom stereocenters. The quantitative estimate of drug-likeness (QED) is 0.568. The fourth-order valence-electron chi connectivity index (χ4n) is 3.17. The summed E-state index contributed by atoms with van der Waals surface area (Å²) in [6.45, 7) is 3.02. The van der Waals surface area contributed by atoms with Crippen LogP contribution in [0, 0.1) is 11.8 Å². The van der Waals surface area contributed by atoms with Gasteiger partial charge in [-0.1, -0.05) is 30.0 Å². The van der Waals surface area contributed by atoms with Gasteiger partial charge in [0, 0.05) is 5.56 Å². The van der Waals surface area contributed by atoms with Crippen molar-refractivity contribution in [3.8, 4) is 11.8 Å². The van der Waals surface area contributed by atoms with E-state index in [1.54, 1.807) is 4.90 Å². The molecular weight excluding hydrogens is 282 g/mol. The number of benzene rings is 1. The highest BCUT2D eigenvalue weighted by molar-refractivity contribution is 5.89. The molecule has 3 saturated heterocycles. The third kappa shape index (κ3) is 2.20. The van der Waals surface area contributed by atoms with Crippen molar-refractivity contribution < 1.29 is 19.0 Å². The van der Waals surface area contributed by atoms with Gasteiger partial charge in [0.25, 0.3) is 5.91 Å². The largest absolute Gasteiger partial charge is 0.360 e. The molecule has 4 rings (SSSR count). The summed E-state index contributed by atoms with van der Waals surface area (Å²) in [4.78, 5) is 13.9. The van der Waals surface area contributed by atoms with Crippen molar-refractivity contribution in [1.29, 1.82) is 0 Å². The molecule has 114 valence electrons. The van der Waals surface area contributed by atoms with E-state index in [1.807, 2.05) is 37.3 Å². The predicted molar refractivity (Wildman–Crippen MR) is 77.8 cm³/mol. The smallest absolute Gasteiger partial charge is 0.255 e. The summed E-state index contributed by atoms with van der Waals surface area (Å²) >= 11 is 0. The zero-order chi connectivity index (χ0) is 15.2. The molecule has 0 radical (unpaired) electrons. The third-order valence-electron chi connectivity index (χ3n) is 4.31. The Bertz CT molecular complexity index is 650. The zero-order valence-corrected chi connectivity index (χ0v) is 12.3. The Labute approximate surface area is 129 Å². The van der Waals surface area contributed by atoms with Crippen LogP contribution in [0.5, 0.6) is 0 Å². The van der Waals surface area contributed by atoms with Crippen molar-refractivity contribution in [1.82, 2.24) is 4.90 Å². The molecular formula is C17H17NO4. The van der Waals surface area contributed by atoms with Crippen LogP contribution in [-0.2, 0) is 19.0 Å². The predicted octanol–water partition coefficient (Wildman–Crippen LogP) is 0.779. The second kappa shape index (κ2) is 5.10. The summed E-state index contributed by atoms with van der Waals surface area (Å²) in [5, 5.41) is 0. The Morgan fingerprint density at radius 2 is 2.18 bits per heavy atom. The van der Waals surface area contributed by atoms with E-state index in [2.05, 4.69) is 11.8 Å². The Morgan fingerprint density at radius 1 is 1.36 bits per heavy atom. The Hall–Kier alpha value is -1.87. The van der Waals surface area contributed by atoms with Gasteiger partial charge >= 0.3 is 0 Å². The summed E-state index contributed by atoms with van der Waals surface area (Å²) in [5.74, 6) is 5.40. The standard InChI is InChI=1S/C17H17NO4/c1-17-11-20-15-14(13(22-17)10-21-17)18(16(15)19)9-5-8-12-6-3-2-4-7-12/h2-4,6-7,13-15H,9-11H2,1H3/t13-,14+,15-,17-/m1/s1. The second-order valence-corrected chi connectivity index (χ2v) is 5.96. The van der Waals surface area contributed by atoms with Gasteiger partial charge < -0.3 is 19.1 Å². The number of ether oxygens (including phenoxy) is 3. The number of carbonyl (C=O) groups excluding carboxylic acids is 1. The number of carbonyl (C=O) groups is 1. The lowest BCUT2D eigenvalue weighted by atomic mass is 9.93. The van der Waals surface area contributed by atoms with E-state index < -0.39 is 11.9 Å². The van der Waals surface area contributed by atoms with Gasteiger partial charge in [0.1, 0.15) is 12.7 Å². The zero-order valence-electron chi connectivity index (χ0n) is 12.3. The lowest BCUT2D eigenvalue weighted by Crippen LogP contribution is -2.69. The molecule has 5 heteroatoms.